The lowest BCUT2D eigenvalue weighted by Crippen LogP contribution is -2.30. The Morgan fingerprint density at radius 3 is 2.76 bits per heavy atom. The molecule has 1 amide bonds. The van der Waals surface area contributed by atoms with Crippen LogP contribution in [-0.2, 0) is 0 Å². The van der Waals surface area contributed by atoms with E-state index in [1.807, 2.05) is 32.0 Å². The number of amides is 1. The molecule has 2 nitrogen and oxygen atoms in total. The second-order valence-corrected chi connectivity index (χ2v) is 5.64. The fourth-order valence-corrected chi connectivity index (χ4v) is 2.33. The Balaban J connectivity index is 2.61. The van der Waals surface area contributed by atoms with Crippen molar-refractivity contribution in [1.29, 1.82) is 0 Å². The Labute approximate surface area is 112 Å². The predicted molar refractivity (Wildman–Crippen MR) is 75.9 cm³/mol. The third-order valence-corrected chi connectivity index (χ3v) is 3.72. The van der Waals surface area contributed by atoms with Crippen molar-refractivity contribution in [2.24, 2.45) is 0 Å². The molecule has 0 saturated heterocycles. The Bertz CT molecular complexity index is 390. The fraction of sp³-hybridized carbons (Fsp3) is 0.500. The van der Waals surface area contributed by atoms with Gasteiger partial charge in [0.05, 0.1) is 0 Å². The Kier molecular flexibility index (Phi) is 5.69. The molecule has 0 aliphatic rings. The number of halogens is 1. The van der Waals surface area contributed by atoms with Gasteiger partial charge in [-0.2, -0.15) is 0 Å². The maximum atomic E-state index is 12.0. The van der Waals surface area contributed by atoms with Crippen LogP contribution < -0.4 is 5.32 Å². The van der Waals surface area contributed by atoms with E-state index in [0.717, 1.165) is 29.5 Å². The molecule has 1 rings (SSSR count). The van der Waals surface area contributed by atoms with E-state index in [-0.39, 0.29) is 5.91 Å². The molecule has 0 aromatic heterocycles. The predicted octanol–water partition coefficient (Wildman–Crippen LogP) is 3.60. The molecule has 0 radical (unpaired) electrons. The summed E-state index contributed by atoms with van der Waals surface area (Å²) < 4.78 is 0. The van der Waals surface area contributed by atoms with Gasteiger partial charge in [0.25, 0.3) is 5.91 Å². The first-order valence-corrected chi connectivity index (χ1v) is 6.96. The van der Waals surface area contributed by atoms with Crippen LogP contribution in [-0.4, -0.2) is 17.3 Å². The van der Waals surface area contributed by atoms with Crippen LogP contribution in [0, 0.1) is 13.8 Å². The number of carbonyl (C=O) groups excluding carboxylic acids is 1. The molecular formula is C14H20BrNO. The molecule has 17 heavy (non-hydrogen) atoms. The zero-order chi connectivity index (χ0) is 12.8. The van der Waals surface area contributed by atoms with Crippen LogP contribution in [0.2, 0.25) is 0 Å². The van der Waals surface area contributed by atoms with E-state index < -0.39 is 0 Å². The van der Waals surface area contributed by atoms with Crippen molar-refractivity contribution in [3.63, 3.8) is 0 Å². The molecule has 1 atom stereocenters. The fourth-order valence-electron chi connectivity index (χ4n) is 1.71. The molecule has 1 N–H and O–H groups in total. The summed E-state index contributed by atoms with van der Waals surface area (Å²) in [5.41, 5.74) is 2.99. The average Bonchev–Trinajstić information content (AvgIpc) is 2.30. The third-order valence-electron chi connectivity index (χ3n) is 2.94. The number of aryl methyl sites for hydroxylation is 1. The zero-order valence-electron chi connectivity index (χ0n) is 10.7. The van der Waals surface area contributed by atoms with E-state index in [9.17, 15) is 4.79 Å². The number of nitrogens with one attached hydrogen (secondary N) is 1. The van der Waals surface area contributed by atoms with Crippen LogP contribution in [0.25, 0.3) is 0 Å². The first-order valence-electron chi connectivity index (χ1n) is 6.04. The van der Waals surface area contributed by atoms with Crippen molar-refractivity contribution in [3.05, 3.63) is 34.9 Å². The molecule has 1 aromatic carbocycles. The number of carbonyl (C=O) groups is 1. The van der Waals surface area contributed by atoms with Gasteiger partial charge in [-0.05, 0) is 37.5 Å². The van der Waals surface area contributed by atoms with E-state index in [1.165, 1.54) is 0 Å². The van der Waals surface area contributed by atoms with Crippen LogP contribution in [0.3, 0.4) is 0 Å². The van der Waals surface area contributed by atoms with Gasteiger partial charge in [0.15, 0.2) is 0 Å². The molecule has 0 bridgehead atoms. The number of hydrogen-bond acceptors (Lipinski definition) is 1. The van der Waals surface area contributed by atoms with Gasteiger partial charge < -0.3 is 5.32 Å². The second kappa shape index (κ2) is 6.80. The summed E-state index contributed by atoms with van der Waals surface area (Å²) in [7, 11) is 0. The zero-order valence-corrected chi connectivity index (χ0v) is 12.3. The standard InChI is InChI=1S/C14H20BrNO/c1-4-6-12(15)9-16-14(17)13-8-5-7-10(2)11(13)3/h5,7-8,12H,4,6,9H2,1-3H3,(H,16,17). The molecule has 0 saturated carbocycles. The summed E-state index contributed by atoms with van der Waals surface area (Å²) >= 11 is 3.56. The van der Waals surface area contributed by atoms with Crippen molar-refractivity contribution in [1.82, 2.24) is 5.32 Å². The molecule has 3 heteroatoms. The van der Waals surface area contributed by atoms with Gasteiger partial charge >= 0.3 is 0 Å². The van der Waals surface area contributed by atoms with Crippen LogP contribution >= 0.6 is 15.9 Å². The highest BCUT2D eigenvalue weighted by Crippen LogP contribution is 2.13. The van der Waals surface area contributed by atoms with Crippen molar-refractivity contribution >= 4 is 21.8 Å². The van der Waals surface area contributed by atoms with E-state index in [0.29, 0.717) is 11.4 Å². The normalized spacial score (nSPS) is 12.2. The lowest BCUT2D eigenvalue weighted by atomic mass is 10.0. The minimum Gasteiger partial charge on any atom is -0.351 e. The van der Waals surface area contributed by atoms with Crippen LogP contribution in [0.4, 0.5) is 0 Å². The SMILES string of the molecule is CCCC(Br)CNC(=O)c1cccc(C)c1C. The summed E-state index contributed by atoms with van der Waals surface area (Å²) in [6, 6.07) is 5.83. The lowest BCUT2D eigenvalue weighted by molar-refractivity contribution is 0.0953. The molecular weight excluding hydrogens is 278 g/mol. The van der Waals surface area contributed by atoms with Crippen LogP contribution in [0.1, 0.15) is 41.3 Å². The van der Waals surface area contributed by atoms with Crippen molar-refractivity contribution in [2.45, 2.75) is 38.4 Å². The quantitative estimate of drug-likeness (QED) is 0.827. The first-order chi connectivity index (χ1) is 8.06. The highest BCUT2D eigenvalue weighted by Gasteiger charge is 2.11. The van der Waals surface area contributed by atoms with Gasteiger partial charge in [-0.25, -0.2) is 0 Å². The van der Waals surface area contributed by atoms with Crippen LogP contribution in [0.15, 0.2) is 18.2 Å². The molecule has 0 heterocycles. The molecule has 0 aliphatic heterocycles. The van der Waals surface area contributed by atoms with E-state index >= 15 is 0 Å². The molecule has 1 aromatic rings. The van der Waals surface area contributed by atoms with Gasteiger partial charge in [0.2, 0.25) is 0 Å². The monoisotopic (exact) mass is 297 g/mol. The lowest BCUT2D eigenvalue weighted by Gasteiger charge is -2.12. The number of hydrogen-bond donors (Lipinski definition) is 1. The van der Waals surface area contributed by atoms with E-state index in [4.69, 9.17) is 0 Å². The minimum atomic E-state index is 0.0201. The minimum absolute atomic E-state index is 0.0201. The topological polar surface area (TPSA) is 29.1 Å². The number of rotatable bonds is 5. The van der Waals surface area contributed by atoms with E-state index in [2.05, 4.69) is 28.2 Å². The van der Waals surface area contributed by atoms with Gasteiger partial charge in [-0.3, -0.25) is 4.79 Å². The molecule has 0 fully saturated rings. The Morgan fingerprint density at radius 2 is 2.12 bits per heavy atom. The summed E-state index contributed by atoms with van der Waals surface area (Å²) in [5, 5.41) is 2.97. The Hall–Kier alpha value is -0.830. The Morgan fingerprint density at radius 1 is 1.41 bits per heavy atom. The summed E-state index contributed by atoms with van der Waals surface area (Å²) in [6.45, 7) is 6.83. The second-order valence-electron chi connectivity index (χ2n) is 4.34. The van der Waals surface area contributed by atoms with Crippen molar-refractivity contribution < 1.29 is 4.79 Å². The number of benzene rings is 1. The molecule has 0 aliphatic carbocycles. The smallest absolute Gasteiger partial charge is 0.251 e. The average molecular weight is 298 g/mol. The molecule has 1 unspecified atom stereocenters. The summed E-state index contributed by atoms with van der Waals surface area (Å²) in [6.07, 6.45) is 2.20. The van der Waals surface area contributed by atoms with Gasteiger partial charge in [0.1, 0.15) is 0 Å². The van der Waals surface area contributed by atoms with Gasteiger partial charge in [-0.1, -0.05) is 41.4 Å². The third kappa shape index (κ3) is 4.15. The maximum absolute atomic E-state index is 12.0. The highest BCUT2D eigenvalue weighted by atomic mass is 79.9. The molecule has 0 spiro atoms. The van der Waals surface area contributed by atoms with E-state index in [1.54, 1.807) is 0 Å². The summed E-state index contributed by atoms with van der Waals surface area (Å²) in [4.78, 5) is 12.4. The highest BCUT2D eigenvalue weighted by molar-refractivity contribution is 9.09. The largest absolute Gasteiger partial charge is 0.351 e. The van der Waals surface area contributed by atoms with Crippen molar-refractivity contribution in [2.75, 3.05) is 6.54 Å². The molecule has 94 valence electrons. The van der Waals surface area contributed by atoms with Gasteiger partial charge in [0, 0.05) is 16.9 Å². The van der Waals surface area contributed by atoms with Crippen molar-refractivity contribution in [3.8, 4) is 0 Å². The number of alkyl halides is 1. The van der Waals surface area contributed by atoms with Crippen LogP contribution in [0.5, 0.6) is 0 Å². The summed E-state index contributed by atoms with van der Waals surface area (Å²) in [5.74, 6) is 0.0201. The van der Waals surface area contributed by atoms with Gasteiger partial charge in [-0.15, -0.1) is 0 Å². The first kappa shape index (κ1) is 14.2. The maximum Gasteiger partial charge on any atom is 0.251 e.